The highest BCUT2D eigenvalue weighted by Gasteiger charge is 2.80. The zero-order valence-corrected chi connectivity index (χ0v) is 11.3. The van der Waals surface area contributed by atoms with Gasteiger partial charge in [-0.25, -0.2) is 4.79 Å². The van der Waals surface area contributed by atoms with Gasteiger partial charge in [0.1, 0.15) is 6.10 Å². The molecule has 0 heterocycles. The maximum absolute atomic E-state index is 12.1. The second-order valence-corrected chi connectivity index (χ2v) is 5.13. The van der Waals surface area contributed by atoms with E-state index < -0.39 is 53.3 Å². The second-order valence-electron chi connectivity index (χ2n) is 5.13. The van der Waals surface area contributed by atoms with Crippen molar-refractivity contribution < 1.29 is 34.1 Å². The number of ether oxygens (including phenoxy) is 2. The van der Waals surface area contributed by atoms with Crippen molar-refractivity contribution in [1.82, 2.24) is 5.32 Å². The average molecular weight is 287 g/mol. The van der Waals surface area contributed by atoms with E-state index in [0.29, 0.717) is 0 Å². The van der Waals surface area contributed by atoms with Gasteiger partial charge in [0.25, 0.3) is 0 Å². The Bertz CT molecular complexity index is 465. The number of esters is 2. The maximum Gasteiger partial charge on any atom is 0.334 e. The van der Waals surface area contributed by atoms with Gasteiger partial charge in [0.15, 0.2) is 5.54 Å². The van der Waals surface area contributed by atoms with E-state index in [1.807, 2.05) is 0 Å². The predicted octanol–water partition coefficient (Wildman–Crippen LogP) is -2.20. The summed E-state index contributed by atoms with van der Waals surface area (Å²) in [5, 5.41) is 22.5. The molecule has 0 aliphatic heterocycles. The van der Waals surface area contributed by atoms with Crippen molar-refractivity contribution in [1.29, 1.82) is 0 Å². The van der Waals surface area contributed by atoms with Crippen molar-refractivity contribution in [2.45, 2.75) is 24.7 Å². The van der Waals surface area contributed by atoms with E-state index >= 15 is 0 Å². The summed E-state index contributed by atoms with van der Waals surface area (Å²) >= 11 is 0. The van der Waals surface area contributed by atoms with Crippen LogP contribution in [-0.2, 0) is 23.9 Å². The number of carbonyl (C=O) groups excluding carboxylic acids is 3. The minimum atomic E-state index is -1.82. The fraction of sp³-hybridized carbons (Fsp3) is 0.750. The second kappa shape index (κ2) is 4.71. The van der Waals surface area contributed by atoms with E-state index in [4.69, 9.17) is 0 Å². The minimum absolute atomic E-state index is 0.571. The van der Waals surface area contributed by atoms with Gasteiger partial charge in [-0.2, -0.15) is 0 Å². The topological polar surface area (TPSA) is 122 Å². The number of amides is 1. The first-order valence-electron chi connectivity index (χ1n) is 6.14. The molecule has 0 aromatic heterocycles. The molecular weight excluding hydrogens is 270 g/mol. The van der Waals surface area contributed by atoms with Crippen LogP contribution < -0.4 is 5.32 Å². The first kappa shape index (κ1) is 14.7. The van der Waals surface area contributed by atoms with Gasteiger partial charge in [-0.3, -0.25) is 9.59 Å². The number of hydrogen-bond acceptors (Lipinski definition) is 7. The number of rotatable bonds is 3. The molecule has 20 heavy (non-hydrogen) atoms. The Hall–Kier alpha value is -1.67. The lowest BCUT2D eigenvalue weighted by molar-refractivity contribution is -0.161. The summed E-state index contributed by atoms with van der Waals surface area (Å²) in [6, 6.07) is 0. The lowest BCUT2D eigenvalue weighted by atomic mass is 9.86. The molecule has 0 radical (unpaired) electrons. The summed E-state index contributed by atoms with van der Waals surface area (Å²) < 4.78 is 9.25. The molecule has 2 rings (SSSR count). The lowest BCUT2D eigenvalue weighted by Crippen LogP contribution is -2.64. The van der Waals surface area contributed by atoms with Crippen LogP contribution in [0.15, 0.2) is 0 Å². The Balaban J connectivity index is 2.41. The summed E-state index contributed by atoms with van der Waals surface area (Å²) in [6.45, 7) is 1.17. The Morgan fingerprint density at radius 1 is 1.15 bits per heavy atom. The van der Waals surface area contributed by atoms with Gasteiger partial charge in [-0.15, -0.1) is 0 Å². The molecule has 112 valence electrons. The van der Waals surface area contributed by atoms with E-state index in [2.05, 4.69) is 14.8 Å². The largest absolute Gasteiger partial charge is 0.469 e. The molecule has 2 aliphatic carbocycles. The van der Waals surface area contributed by atoms with E-state index in [1.54, 1.807) is 0 Å². The van der Waals surface area contributed by atoms with Crippen LogP contribution in [0.3, 0.4) is 0 Å². The Kier molecular flexibility index (Phi) is 3.47. The smallest absolute Gasteiger partial charge is 0.334 e. The molecule has 0 saturated heterocycles. The van der Waals surface area contributed by atoms with E-state index in [1.165, 1.54) is 14.0 Å². The molecule has 0 bridgehead atoms. The molecule has 2 fully saturated rings. The van der Waals surface area contributed by atoms with E-state index in [-0.39, 0.29) is 0 Å². The van der Waals surface area contributed by atoms with Crippen LogP contribution >= 0.6 is 0 Å². The molecule has 2 saturated carbocycles. The third-order valence-corrected chi connectivity index (χ3v) is 4.16. The fourth-order valence-corrected chi connectivity index (χ4v) is 3.39. The van der Waals surface area contributed by atoms with Crippen LogP contribution in [0.5, 0.6) is 0 Å². The van der Waals surface area contributed by atoms with Crippen molar-refractivity contribution in [3.63, 3.8) is 0 Å². The molecule has 0 unspecified atom stereocenters. The Morgan fingerprint density at radius 3 is 2.20 bits per heavy atom. The lowest BCUT2D eigenvalue weighted by Gasteiger charge is -2.34. The molecule has 0 spiro atoms. The molecule has 8 nitrogen and oxygen atoms in total. The minimum Gasteiger partial charge on any atom is -0.469 e. The molecule has 6 atom stereocenters. The van der Waals surface area contributed by atoms with Crippen molar-refractivity contribution in [2.75, 3.05) is 14.2 Å². The number of fused-ring (bicyclic) bond motifs is 1. The summed E-state index contributed by atoms with van der Waals surface area (Å²) in [5.74, 6) is -4.18. The molecule has 3 N–H and O–H groups in total. The van der Waals surface area contributed by atoms with E-state index in [9.17, 15) is 24.6 Å². The number of nitrogens with one attached hydrogen (secondary N) is 1. The highest BCUT2D eigenvalue weighted by atomic mass is 16.5. The van der Waals surface area contributed by atoms with Crippen LogP contribution in [0, 0.1) is 17.8 Å². The summed E-state index contributed by atoms with van der Waals surface area (Å²) in [7, 11) is 2.30. The van der Waals surface area contributed by atoms with Crippen molar-refractivity contribution in [3.8, 4) is 0 Å². The number of carbonyl (C=O) groups is 3. The van der Waals surface area contributed by atoms with Gasteiger partial charge in [0.05, 0.1) is 26.2 Å². The highest BCUT2D eigenvalue weighted by Crippen LogP contribution is 2.62. The zero-order valence-electron chi connectivity index (χ0n) is 11.3. The fourth-order valence-electron chi connectivity index (χ4n) is 3.39. The monoisotopic (exact) mass is 287 g/mol. The molecular formula is C12H17NO7. The van der Waals surface area contributed by atoms with Crippen molar-refractivity contribution >= 4 is 17.8 Å². The summed E-state index contributed by atoms with van der Waals surface area (Å²) in [6.07, 6.45) is -2.84. The average Bonchev–Trinajstić information content (AvgIpc) is 3.11. The molecule has 0 aromatic rings. The van der Waals surface area contributed by atoms with Crippen LogP contribution in [0.2, 0.25) is 0 Å². The van der Waals surface area contributed by atoms with Crippen molar-refractivity contribution in [3.05, 3.63) is 0 Å². The normalized spacial score (nSPS) is 41.5. The summed E-state index contributed by atoms with van der Waals surface area (Å²) in [5.41, 5.74) is -1.82. The standard InChI is InChI=1S/C12H17NO7/c1-4(14)13-12(11(18)20-3)7-5(8(15)9(12)16)6(7)10(17)19-2/h5-9,15-16H,1-3H3,(H,13,14)/t5-,6-,7-,8+,9+,12+/m0/s1. The van der Waals surface area contributed by atoms with Gasteiger partial charge in [-0.1, -0.05) is 0 Å². The van der Waals surface area contributed by atoms with Gasteiger partial charge in [-0.05, 0) is 0 Å². The third-order valence-electron chi connectivity index (χ3n) is 4.16. The number of methoxy groups -OCH3 is 2. The van der Waals surface area contributed by atoms with Crippen molar-refractivity contribution in [2.24, 2.45) is 17.8 Å². The number of aliphatic hydroxyl groups excluding tert-OH is 2. The predicted molar refractivity (Wildman–Crippen MR) is 63.1 cm³/mol. The number of hydrogen-bond donors (Lipinski definition) is 3. The molecule has 8 heteroatoms. The summed E-state index contributed by atoms with van der Waals surface area (Å²) in [4.78, 5) is 35.1. The third kappa shape index (κ3) is 1.71. The molecule has 2 aliphatic rings. The van der Waals surface area contributed by atoms with Gasteiger partial charge >= 0.3 is 11.9 Å². The van der Waals surface area contributed by atoms with Crippen LogP contribution in [0.1, 0.15) is 6.92 Å². The molecule has 0 aromatic carbocycles. The SMILES string of the molecule is COC(=O)[C@H]1[C@@H]2[C@@H](O)[C@@H](O)[C@@](NC(C)=O)(C(=O)OC)[C@H]12. The van der Waals surface area contributed by atoms with Crippen LogP contribution in [-0.4, -0.2) is 60.0 Å². The Morgan fingerprint density at radius 2 is 1.75 bits per heavy atom. The zero-order chi connectivity index (χ0) is 15.2. The first-order chi connectivity index (χ1) is 9.32. The quantitative estimate of drug-likeness (QED) is 0.504. The molecule has 1 amide bonds. The number of aliphatic hydroxyl groups is 2. The van der Waals surface area contributed by atoms with Crippen LogP contribution in [0.4, 0.5) is 0 Å². The first-order valence-corrected chi connectivity index (χ1v) is 6.14. The van der Waals surface area contributed by atoms with Gasteiger partial charge in [0, 0.05) is 18.8 Å². The van der Waals surface area contributed by atoms with Gasteiger partial charge < -0.3 is 25.0 Å². The van der Waals surface area contributed by atoms with Crippen LogP contribution in [0.25, 0.3) is 0 Å². The van der Waals surface area contributed by atoms with Gasteiger partial charge in [0.2, 0.25) is 5.91 Å². The highest BCUT2D eigenvalue weighted by molar-refractivity contribution is 5.92. The maximum atomic E-state index is 12.1. The Labute approximate surface area is 115 Å². The van der Waals surface area contributed by atoms with E-state index in [0.717, 1.165) is 7.11 Å².